The molecule has 1 aromatic carbocycles. The predicted octanol–water partition coefficient (Wildman–Crippen LogP) is 0.934. The normalized spacial score (nSPS) is 26.0. The molecule has 0 spiro atoms. The summed E-state index contributed by atoms with van der Waals surface area (Å²) in [5.41, 5.74) is 0.550. The molecule has 0 radical (unpaired) electrons. The number of carbonyl (C=O) groups is 1. The topological polar surface area (TPSA) is 47.6 Å². The van der Waals surface area contributed by atoms with Gasteiger partial charge in [-0.25, -0.2) is 0 Å². The Labute approximate surface area is 113 Å². The van der Waals surface area contributed by atoms with Crippen molar-refractivity contribution in [3.63, 3.8) is 0 Å². The van der Waals surface area contributed by atoms with E-state index < -0.39 is 12.0 Å². The quantitative estimate of drug-likeness (QED) is 0.619. The van der Waals surface area contributed by atoms with Crippen LogP contribution in [0.3, 0.4) is 0 Å². The summed E-state index contributed by atoms with van der Waals surface area (Å²) in [7, 11) is 0. The number of nitrogens with one attached hydrogen (secondary N) is 1. The van der Waals surface area contributed by atoms with Crippen LogP contribution >= 0.6 is 0 Å². The molecule has 1 saturated heterocycles. The fourth-order valence-electron chi connectivity index (χ4n) is 1.90. The number of ether oxygens (including phenoxy) is 2. The van der Waals surface area contributed by atoms with Gasteiger partial charge in [0, 0.05) is 0 Å². The van der Waals surface area contributed by atoms with Gasteiger partial charge >= 0.3 is 18.9 Å². The molecule has 0 aromatic heterocycles. The first kappa shape index (κ1) is 14.3. The zero-order valence-corrected chi connectivity index (χ0v) is 9.34. The molecule has 0 amide bonds. The van der Waals surface area contributed by atoms with Crippen molar-refractivity contribution < 1.29 is 14.3 Å². The van der Waals surface area contributed by atoms with E-state index in [0.29, 0.717) is 6.47 Å². The third-order valence-electron chi connectivity index (χ3n) is 2.53. The first-order valence-electron chi connectivity index (χ1n) is 5.22. The summed E-state index contributed by atoms with van der Waals surface area (Å²) >= 11 is 0. The number of rotatable bonds is 3. The molecule has 1 aliphatic heterocycles. The Morgan fingerprint density at radius 1 is 1.35 bits per heavy atom. The van der Waals surface area contributed by atoms with Gasteiger partial charge in [0.15, 0.2) is 0 Å². The van der Waals surface area contributed by atoms with Crippen LogP contribution < -0.4 is 5.32 Å². The van der Waals surface area contributed by atoms with E-state index in [1.165, 1.54) is 0 Å². The van der Waals surface area contributed by atoms with Crippen molar-refractivity contribution in [1.82, 2.24) is 5.32 Å². The Hall–Kier alpha value is -0.793. The average Bonchev–Trinajstić information content (AvgIpc) is 2.56. The molecule has 88 valence electrons. The second-order valence-electron chi connectivity index (χ2n) is 4.26. The first-order valence-corrected chi connectivity index (χ1v) is 5.22. The fourth-order valence-corrected chi connectivity index (χ4v) is 1.90. The van der Waals surface area contributed by atoms with E-state index in [9.17, 15) is 4.79 Å². The standard InChI is InChI=1S/C12H15NO3.Li.H/c1-12(2)13-10(11(16-12)15-8-14)9-6-4-3-5-7-9;;/h3-8,10-11,13H,1-2H3;;. The monoisotopic (exact) mass is 229 g/mol. The van der Waals surface area contributed by atoms with Gasteiger partial charge in [0.25, 0.3) is 6.47 Å². The zero-order chi connectivity index (χ0) is 11.6. The van der Waals surface area contributed by atoms with E-state index in [1.54, 1.807) is 0 Å². The van der Waals surface area contributed by atoms with Gasteiger partial charge in [-0.15, -0.1) is 0 Å². The van der Waals surface area contributed by atoms with Crippen molar-refractivity contribution in [2.24, 2.45) is 0 Å². The van der Waals surface area contributed by atoms with Crippen molar-refractivity contribution in [2.45, 2.75) is 31.9 Å². The van der Waals surface area contributed by atoms with E-state index in [1.807, 2.05) is 44.2 Å². The van der Waals surface area contributed by atoms with Crippen LogP contribution in [0.5, 0.6) is 0 Å². The summed E-state index contributed by atoms with van der Waals surface area (Å²) < 4.78 is 10.5. The molecule has 2 atom stereocenters. The molecular formula is C12H16LiNO3. The Bertz CT molecular complexity index is 369. The molecular weight excluding hydrogens is 213 g/mol. The Balaban J connectivity index is 0.00000144. The maximum atomic E-state index is 10.4. The molecule has 0 saturated carbocycles. The summed E-state index contributed by atoms with van der Waals surface area (Å²) in [6, 6.07) is 9.66. The van der Waals surface area contributed by atoms with Crippen molar-refractivity contribution in [1.29, 1.82) is 0 Å². The molecule has 4 nitrogen and oxygen atoms in total. The van der Waals surface area contributed by atoms with Crippen molar-refractivity contribution in [2.75, 3.05) is 0 Å². The average molecular weight is 229 g/mol. The van der Waals surface area contributed by atoms with Crippen LogP contribution in [0.1, 0.15) is 25.5 Å². The summed E-state index contributed by atoms with van der Waals surface area (Å²) in [5.74, 6) is 0. The SMILES string of the molecule is CC1(C)NC(c2ccccc2)C(OC=O)O1.[LiH]. The number of hydrogen-bond donors (Lipinski definition) is 1. The van der Waals surface area contributed by atoms with Gasteiger partial charge in [-0.2, -0.15) is 0 Å². The summed E-state index contributed by atoms with van der Waals surface area (Å²) in [6.45, 7) is 4.22. The van der Waals surface area contributed by atoms with Gasteiger partial charge in [0.05, 0.1) is 6.04 Å². The minimum atomic E-state index is -0.574. The molecule has 1 aliphatic rings. The van der Waals surface area contributed by atoms with Crippen molar-refractivity contribution in [3.8, 4) is 0 Å². The molecule has 5 heteroatoms. The van der Waals surface area contributed by atoms with Crippen LogP contribution in [0.4, 0.5) is 0 Å². The second-order valence-corrected chi connectivity index (χ2v) is 4.26. The fraction of sp³-hybridized carbons (Fsp3) is 0.417. The van der Waals surface area contributed by atoms with Crippen molar-refractivity contribution in [3.05, 3.63) is 35.9 Å². The molecule has 2 rings (SSSR count). The molecule has 1 aromatic rings. The Kier molecular flexibility index (Phi) is 4.78. The summed E-state index contributed by atoms with van der Waals surface area (Å²) in [5, 5.41) is 3.28. The number of hydrogen-bond acceptors (Lipinski definition) is 4. The number of benzene rings is 1. The van der Waals surface area contributed by atoms with Gasteiger partial charge < -0.3 is 9.47 Å². The molecule has 1 heterocycles. The molecule has 17 heavy (non-hydrogen) atoms. The Morgan fingerprint density at radius 3 is 2.59 bits per heavy atom. The first-order chi connectivity index (χ1) is 7.62. The molecule has 2 unspecified atom stereocenters. The van der Waals surface area contributed by atoms with Crippen LogP contribution in [0.2, 0.25) is 0 Å². The molecule has 1 fully saturated rings. The maximum absolute atomic E-state index is 10.4. The van der Waals surface area contributed by atoms with E-state index in [0.717, 1.165) is 5.56 Å². The van der Waals surface area contributed by atoms with Crippen LogP contribution in [0.15, 0.2) is 30.3 Å². The molecule has 0 aliphatic carbocycles. The summed E-state index contributed by atoms with van der Waals surface area (Å²) in [6.07, 6.45) is -0.574. The van der Waals surface area contributed by atoms with Gasteiger partial charge in [-0.1, -0.05) is 30.3 Å². The molecule has 0 bridgehead atoms. The van der Waals surface area contributed by atoms with Crippen LogP contribution in [0, 0.1) is 0 Å². The zero-order valence-electron chi connectivity index (χ0n) is 9.34. The van der Waals surface area contributed by atoms with Gasteiger partial charge in [-0.05, 0) is 19.4 Å². The molecule has 1 N–H and O–H groups in total. The summed E-state index contributed by atoms with van der Waals surface area (Å²) in [4.78, 5) is 10.4. The third kappa shape index (κ3) is 3.33. The van der Waals surface area contributed by atoms with Gasteiger partial charge in [-0.3, -0.25) is 10.1 Å². The van der Waals surface area contributed by atoms with Gasteiger partial charge in [0.2, 0.25) is 6.29 Å². The number of carbonyl (C=O) groups excluding carboxylic acids is 1. The van der Waals surface area contributed by atoms with E-state index in [-0.39, 0.29) is 24.9 Å². The van der Waals surface area contributed by atoms with Gasteiger partial charge in [0.1, 0.15) is 5.72 Å². The van der Waals surface area contributed by atoms with Crippen LogP contribution in [0.25, 0.3) is 0 Å². The minimum absolute atomic E-state index is 0. The van der Waals surface area contributed by atoms with Crippen LogP contribution in [-0.2, 0) is 14.3 Å². The van der Waals surface area contributed by atoms with E-state index >= 15 is 0 Å². The van der Waals surface area contributed by atoms with Crippen molar-refractivity contribution >= 4 is 25.3 Å². The predicted molar refractivity (Wildman–Crippen MR) is 65.6 cm³/mol. The second kappa shape index (κ2) is 5.70. The third-order valence-corrected chi connectivity index (χ3v) is 2.53. The van der Waals surface area contributed by atoms with E-state index in [2.05, 4.69) is 5.32 Å². The van der Waals surface area contributed by atoms with E-state index in [4.69, 9.17) is 9.47 Å². The van der Waals surface area contributed by atoms with Crippen LogP contribution in [-0.4, -0.2) is 37.3 Å². The Morgan fingerprint density at radius 2 is 2.00 bits per heavy atom.